The lowest BCUT2D eigenvalue weighted by molar-refractivity contribution is 0.102. The molecule has 23 heavy (non-hydrogen) atoms. The van der Waals surface area contributed by atoms with E-state index in [0.29, 0.717) is 17.0 Å². The Morgan fingerprint density at radius 2 is 1.61 bits per heavy atom. The van der Waals surface area contributed by atoms with Gasteiger partial charge in [0.1, 0.15) is 5.75 Å². The SMILES string of the molecule is CC(C)Oc1ccc(C(=O)Nc2ccc(S(=O)(=O)O)cc2)cc1. The molecule has 1 amide bonds. The number of carbonyl (C=O) groups excluding carboxylic acids is 1. The van der Waals surface area contributed by atoms with Gasteiger partial charge < -0.3 is 10.1 Å². The summed E-state index contributed by atoms with van der Waals surface area (Å²) in [5.74, 6) is 0.342. The topological polar surface area (TPSA) is 92.7 Å². The van der Waals surface area contributed by atoms with Crippen molar-refractivity contribution in [1.82, 2.24) is 0 Å². The summed E-state index contributed by atoms with van der Waals surface area (Å²) >= 11 is 0. The van der Waals surface area contributed by atoms with E-state index in [0.717, 1.165) is 0 Å². The molecule has 2 aromatic rings. The summed E-state index contributed by atoms with van der Waals surface area (Å²) < 4.78 is 36.3. The van der Waals surface area contributed by atoms with Crippen molar-refractivity contribution in [3.63, 3.8) is 0 Å². The first-order chi connectivity index (χ1) is 10.8. The zero-order valence-corrected chi connectivity index (χ0v) is 13.5. The van der Waals surface area contributed by atoms with Crippen LogP contribution < -0.4 is 10.1 Å². The number of amides is 1. The highest BCUT2D eigenvalue weighted by atomic mass is 32.2. The molecule has 0 bridgehead atoms. The number of anilines is 1. The molecule has 0 radical (unpaired) electrons. The van der Waals surface area contributed by atoms with Gasteiger partial charge in [0.15, 0.2) is 0 Å². The van der Waals surface area contributed by atoms with Crippen molar-refractivity contribution in [3.05, 3.63) is 54.1 Å². The quantitative estimate of drug-likeness (QED) is 0.820. The number of rotatable bonds is 5. The predicted octanol–water partition coefficient (Wildman–Crippen LogP) is 2.97. The minimum atomic E-state index is -4.24. The zero-order valence-electron chi connectivity index (χ0n) is 12.7. The summed E-state index contributed by atoms with van der Waals surface area (Å²) in [4.78, 5) is 11.9. The molecule has 0 aliphatic carbocycles. The van der Waals surface area contributed by atoms with Crippen LogP contribution in [0.5, 0.6) is 5.75 Å². The Hall–Kier alpha value is -2.38. The second-order valence-corrected chi connectivity index (χ2v) is 6.57. The molecule has 2 rings (SSSR count). The maximum absolute atomic E-state index is 12.1. The van der Waals surface area contributed by atoms with Crippen LogP contribution in [-0.2, 0) is 10.1 Å². The molecular weight excluding hydrogens is 318 g/mol. The molecule has 0 unspecified atom stereocenters. The lowest BCUT2D eigenvalue weighted by Crippen LogP contribution is -2.12. The Balaban J connectivity index is 2.07. The summed E-state index contributed by atoms with van der Waals surface area (Å²) in [5, 5.41) is 2.64. The highest BCUT2D eigenvalue weighted by Crippen LogP contribution is 2.17. The van der Waals surface area contributed by atoms with Crippen LogP contribution in [-0.4, -0.2) is 25.0 Å². The Bertz CT molecular complexity index is 780. The first-order valence-corrected chi connectivity index (χ1v) is 8.35. The van der Waals surface area contributed by atoms with Gasteiger partial charge in [-0.25, -0.2) is 0 Å². The average Bonchev–Trinajstić information content (AvgIpc) is 2.47. The van der Waals surface area contributed by atoms with Crippen LogP contribution in [0.15, 0.2) is 53.4 Å². The molecule has 6 nitrogen and oxygen atoms in total. The molecule has 0 aromatic heterocycles. The highest BCUT2D eigenvalue weighted by Gasteiger charge is 2.10. The maximum Gasteiger partial charge on any atom is 0.294 e. The Morgan fingerprint density at radius 1 is 1.04 bits per heavy atom. The number of nitrogens with one attached hydrogen (secondary N) is 1. The number of hydrogen-bond donors (Lipinski definition) is 2. The van der Waals surface area contributed by atoms with E-state index in [1.54, 1.807) is 24.3 Å². The van der Waals surface area contributed by atoms with E-state index in [9.17, 15) is 13.2 Å². The van der Waals surface area contributed by atoms with Crippen LogP contribution in [0.3, 0.4) is 0 Å². The molecule has 0 atom stereocenters. The molecule has 122 valence electrons. The van der Waals surface area contributed by atoms with Crippen molar-refractivity contribution >= 4 is 21.7 Å². The van der Waals surface area contributed by atoms with Gasteiger partial charge in [-0.3, -0.25) is 9.35 Å². The Kier molecular flexibility index (Phi) is 5.02. The Morgan fingerprint density at radius 3 is 2.09 bits per heavy atom. The number of benzene rings is 2. The van der Waals surface area contributed by atoms with Crippen LogP contribution in [0.1, 0.15) is 24.2 Å². The largest absolute Gasteiger partial charge is 0.491 e. The summed E-state index contributed by atoms with van der Waals surface area (Å²) in [6, 6.07) is 11.9. The monoisotopic (exact) mass is 335 g/mol. The second kappa shape index (κ2) is 6.80. The zero-order chi connectivity index (χ0) is 17.0. The minimum Gasteiger partial charge on any atom is -0.491 e. The van der Waals surface area contributed by atoms with E-state index in [4.69, 9.17) is 9.29 Å². The smallest absolute Gasteiger partial charge is 0.294 e. The minimum absolute atomic E-state index is 0.0518. The van der Waals surface area contributed by atoms with Crippen LogP contribution in [0.2, 0.25) is 0 Å². The lowest BCUT2D eigenvalue weighted by Gasteiger charge is -2.10. The fourth-order valence-corrected chi connectivity index (χ4v) is 2.35. The van der Waals surface area contributed by atoms with Gasteiger partial charge in [-0.1, -0.05) is 0 Å². The number of hydrogen-bond acceptors (Lipinski definition) is 4. The molecule has 0 aliphatic rings. The molecule has 0 fully saturated rings. The third-order valence-corrected chi connectivity index (χ3v) is 3.77. The van der Waals surface area contributed by atoms with Gasteiger partial charge in [-0.15, -0.1) is 0 Å². The summed E-state index contributed by atoms with van der Waals surface area (Å²) in [5.41, 5.74) is 0.866. The van der Waals surface area contributed by atoms with Gasteiger partial charge in [0.05, 0.1) is 11.0 Å². The predicted molar refractivity (Wildman–Crippen MR) is 86.4 cm³/mol. The third-order valence-electron chi connectivity index (χ3n) is 2.90. The van der Waals surface area contributed by atoms with Gasteiger partial charge in [0.25, 0.3) is 16.0 Å². The fourth-order valence-electron chi connectivity index (χ4n) is 1.87. The molecule has 0 saturated carbocycles. The van der Waals surface area contributed by atoms with Crippen molar-refractivity contribution in [2.75, 3.05) is 5.32 Å². The van der Waals surface area contributed by atoms with E-state index >= 15 is 0 Å². The lowest BCUT2D eigenvalue weighted by atomic mass is 10.2. The van der Waals surface area contributed by atoms with Crippen LogP contribution >= 0.6 is 0 Å². The van der Waals surface area contributed by atoms with Gasteiger partial charge >= 0.3 is 0 Å². The number of carbonyl (C=O) groups is 1. The van der Waals surface area contributed by atoms with E-state index in [1.165, 1.54) is 24.3 Å². The first kappa shape index (κ1) is 17.0. The highest BCUT2D eigenvalue weighted by molar-refractivity contribution is 7.85. The van der Waals surface area contributed by atoms with E-state index in [1.807, 2.05) is 13.8 Å². The normalized spacial score (nSPS) is 11.3. The van der Waals surface area contributed by atoms with Gasteiger partial charge in [-0.05, 0) is 62.4 Å². The van der Waals surface area contributed by atoms with Crippen molar-refractivity contribution in [3.8, 4) is 5.75 Å². The standard InChI is InChI=1S/C16H17NO5S/c1-11(2)22-14-7-3-12(4-8-14)16(18)17-13-5-9-15(10-6-13)23(19,20)21/h3-11H,1-2H3,(H,17,18)(H,19,20,21). The molecule has 7 heteroatoms. The van der Waals surface area contributed by atoms with Gasteiger partial charge in [-0.2, -0.15) is 8.42 Å². The summed E-state index contributed by atoms with van der Waals surface area (Å²) in [7, 11) is -4.24. The molecule has 0 aliphatic heterocycles. The van der Waals surface area contributed by atoms with Gasteiger partial charge in [0.2, 0.25) is 0 Å². The van der Waals surface area contributed by atoms with E-state index in [2.05, 4.69) is 5.32 Å². The van der Waals surface area contributed by atoms with Crippen molar-refractivity contribution in [2.45, 2.75) is 24.8 Å². The molecule has 0 heterocycles. The van der Waals surface area contributed by atoms with Crippen molar-refractivity contribution in [2.24, 2.45) is 0 Å². The van der Waals surface area contributed by atoms with E-state index in [-0.39, 0.29) is 16.9 Å². The molecule has 0 spiro atoms. The second-order valence-electron chi connectivity index (χ2n) is 5.14. The summed E-state index contributed by atoms with van der Waals surface area (Å²) in [6.07, 6.45) is 0.0518. The third kappa shape index (κ3) is 4.80. The number of ether oxygens (including phenoxy) is 1. The molecular formula is C16H17NO5S. The van der Waals surface area contributed by atoms with Crippen molar-refractivity contribution < 1.29 is 22.5 Å². The van der Waals surface area contributed by atoms with E-state index < -0.39 is 10.1 Å². The van der Waals surface area contributed by atoms with Crippen LogP contribution in [0, 0.1) is 0 Å². The average molecular weight is 335 g/mol. The Labute approximate surface area is 134 Å². The first-order valence-electron chi connectivity index (χ1n) is 6.91. The maximum atomic E-state index is 12.1. The molecule has 0 saturated heterocycles. The van der Waals surface area contributed by atoms with Crippen LogP contribution in [0.25, 0.3) is 0 Å². The van der Waals surface area contributed by atoms with Crippen molar-refractivity contribution in [1.29, 1.82) is 0 Å². The van der Waals surface area contributed by atoms with Crippen LogP contribution in [0.4, 0.5) is 5.69 Å². The fraction of sp³-hybridized carbons (Fsp3) is 0.188. The molecule has 2 aromatic carbocycles. The van der Waals surface area contributed by atoms with Gasteiger partial charge in [0, 0.05) is 11.3 Å². The molecule has 2 N–H and O–H groups in total. The summed E-state index contributed by atoms with van der Waals surface area (Å²) in [6.45, 7) is 3.83.